The summed E-state index contributed by atoms with van der Waals surface area (Å²) in [6.45, 7) is 2.16. The molecule has 48 heavy (non-hydrogen) atoms. The first-order valence-corrected chi connectivity index (χ1v) is 18.0. The molecule has 0 spiro atoms. The number of halogens is 2. The highest BCUT2D eigenvalue weighted by molar-refractivity contribution is 7.17. The van der Waals surface area contributed by atoms with Crippen LogP contribution in [-0.4, -0.2) is 97.1 Å². The summed E-state index contributed by atoms with van der Waals surface area (Å²) < 4.78 is 19.5. The molecule has 3 atom stereocenters. The number of anilines is 1. The van der Waals surface area contributed by atoms with E-state index < -0.39 is 17.7 Å². The molecule has 1 aromatic heterocycles. The molecule has 2 N–H and O–H groups in total. The van der Waals surface area contributed by atoms with Crippen LogP contribution in [0.4, 0.5) is 5.69 Å². The molecule has 1 aliphatic carbocycles. The lowest BCUT2D eigenvalue weighted by Gasteiger charge is -2.48. The van der Waals surface area contributed by atoms with E-state index >= 15 is 0 Å². The molecule has 6 rings (SSSR count). The number of carbonyl (C=O) groups excluding carboxylic acids is 2. The van der Waals surface area contributed by atoms with Crippen LogP contribution in [0.2, 0.25) is 10.0 Å². The van der Waals surface area contributed by atoms with Gasteiger partial charge in [-0.05, 0) is 62.3 Å². The van der Waals surface area contributed by atoms with Crippen molar-refractivity contribution in [2.24, 2.45) is 5.92 Å². The molecule has 0 bridgehead atoms. The monoisotopic (exact) mass is 717 g/mol. The lowest BCUT2D eigenvalue weighted by molar-refractivity contribution is -0.253. The number of nitrogens with zero attached hydrogens (tertiary/aromatic N) is 2. The van der Waals surface area contributed by atoms with E-state index in [1.807, 2.05) is 34.5 Å². The molecule has 1 unspecified atom stereocenters. The smallest absolute Gasteiger partial charge is 0.306 e. The summed E-state index contributed by atoms with van der Waals surface area (Å²) in [6, 6.07) is 10.9. The number of hydrogen-bond acceptors (Lipinski definition) is 9. The standard InChI is InChI=1S/C35H41Cl2N3O7S/c1-45-29-18-40(19-30(29)46-2)35(39-13-5-6-14-39,47-23-11-9-21(10-12-23)34(43)44)32(41)16-22-15-27(37)28(17-26(22)36)38-33(42)25-20-48-31-8-4-3-7-24(25)31/h3-4,7-8,15,17,20-21,23,29-30H,5-6,9-14,16,18-19H2,1-2H3,(H,38,42)(H,43,44)/t21-,23-,29-,30+,35?. The normalized spacial score (nSPS) is 24.9. The predicted molar refractivity (Wildman–Crippen MR) is 186 cm³/mol. The molecule has 3 fully saturated rings. The highest BCUT2D eigenvalue weighted by Gasteiger charge is 2.56. The summed E-state index contributed by atoms with van der Waals surface area (Å²) in [4.78, 5) is 44.0. The summed E-state index contributed by atoms with van der Waals surface area (Å²) in [6.07, 6.45) is 2.97. The Morgan fingerprint density at radius 1 is 0.958 bits per heavy atom. The molecule has 13 heteroatoms. The van der Waals surface area contributed by atoms with E-state index in [0.29, 0.717) is 73.7 Å². The summed E-state index contributed by atoms with van der Waals surface area (Å²) in [5.41, 5.74) is 1.40. The lowest BCUT2D eigenvalue weighted by Crippen LogP contribution is -2.67. The van der Waals surface area contributed by atoms with Crippen LogP contribution in [0.1, 0.15) is 54.4 Å². The first kappa shape index (κ1) is 35.2. The molecule has 2 aromatic carbocycles. The summed E-state index contributed by atoms with van der Waals surface area (Å²) >= 11 is 15.0. The highest BCUT2D eigenvalue weighted by atomic mass is 35.5. The molecule has 0 radical (unpaired) electrons. The maximum Gasteiger partial charge on any atom is 0.306 e. The third kappa shape index (κ3) is 7.02. The number of hydrogen-bond donors (Lipinski definition) is 2. The van der Waals surface area contributed by atoms with Crippen LogP contribution in [-0.2, 0) is 30.2 Å². The van der Waals surface area contributed by atoms with Gasteiger partial charge in [0.25, 0.3) is 5.91 Å². The van der Waals surface area contributed by atoms with Crippen LogP contribution in [0.5, 0.6) is 0 Å². The number of thiophene rings is 1. The molecule has 1 saturated carbocycles. The molecular formula is C35H41Cl2N3O7S. The van der Waals surface area contributed by atoms with Gasteiger partial charge in [-0.15, -0.1) is 11.3 Å². The third-order valence-electron chi connectivity index (χ3n) is 9.96. The number of rotatable bonds is 12. The molecule has 3 heterocycles. The number of Topliss-reactive ketones (excluding diaryl/α,β-unsaturated/α-hetero) is 1. The number of amides is 1. The van der Waals surface area contributed by atoms with Crippen molar-refractivity contribution in [2.45, 2.75) is 69.1 Å². The van der Waals surface area contributed by atoms with E-state index in [1.54, 1.807) is 26.4 Å². The minimum atomic E-state index is -1.44. The largest absolute Gasteiger partial charge is 0.481 e. The van der Waals surface area contributed by atoms with Gasteiger partial charge in [0.1, 0.15) is 0 Å². The number of methoxy groups -OCH3 is 2. The molecular weight excluding hydrogens is 677 g/mol. The number of carboxylic acid groups (broad SMARTS) is 1. The van der Waals surface area contributed by atoms with Crippen LogP contribution in [0, 0.1) is 5.92 Å². The average molecular weight is 719 g/mol. The SMILES string of the molecule is CO[C@H]1CN(C(O[C@H]2CC[C@H](C(=O)O)CC2)(C(=O)Cc2cc(Cl)c(NC(=O)c3csc4ccccc34)cc2Cl)N2CCCC2)C[C@H]1OC. The molecule has 258 valence electrons. The van der Waals surface area contributed by atoms with E-state index in [-0.39, 0.29) is 41.4 Å². The van der Waals surface area contributed by atoms with Gasteiger partial charge in [0, 0.05) is 67.3 Å². The first-order valence-electron chi connectivity index (χ1n) is 16.4. The fraction of sp³-hybridized carbons (Fsp3) is 0.514. The van der Waals surface area contributed by atoms with Crippen LogP contribution in [0.15, 0.2) is 41.8 Å². The number of ether oxygens (including phenoxy) is 3. The Hall–Kier alpha value is -2.61. The van der Waals surface area contributed by atoms with Gasteiger partial charge in [0.15, 0.2) is 5.78 Å². The van der Waals surface area contributed by atoms with Gasteiger partial charge in [-0.2, -0.15) is 0 Å². The van der Waals surface area contributed by atoms with Gasteiger partial charge < -0.3 is 24.6 Å². The Labute approximate surface area is 294 Å². The summed E-state index contributed by atoms with van der Waals surface area (Å²) in [7, 11) is 3.27. The summed E-state index contributed by atoms with van der Waals surface area (Å²) in [5, 5.41) is 15.7. The van der Waals surface area contributed by atoms with E-state index in [4.69, 9.17) is 37.4 Å². The topological polar surface area (TPSA) is 118 Å². The number of aliphatic carboxylic acids is 1. The fourth-order valence-electron chi connectivity index (χ4n) is 7.34. The Balaban J connectivity index is 1.29. The number of carbonyl (C=O) groups is 3. The quantitative estimate of drug-likeness (QED) is 0.222. The predicted octanol–water partition coefficient (Wildman–Crippen LogP) is 6.33. The Morgan fingerprint density at radius 2 is 1.62 bits per heavy atom. The minimum Gasteiger partial charge on any atom is -0.481 e. The van der Waals surface area contributed by atoms with Gasteiger partial charge in [0.2, 0.25) is 5.85 Å². The van der Waals surface area contributed by atoms with Gasteiger partial charge in [-0.25, -0.2) is 0 Å². The van der Waals surface area contributed by atoms with Crippen molar-refractivity contribution >= 4 is 68.0 Å². The number of benzene rings is 2. The zero-order valence-corrected chi connectivity index (χ0v) is 29.4. The number of fused-ring (bicyclic) bond motifs is 1. The summed E-state index contributed by atoms with van der Waals surface area (Å²) in [5.74, 6) is -3.15. The van der Waals surface area contributed by atoms with Gasteiger partial charge in [-0.1, -0.05) is 41.4 Å². The minimum absolute atomic E-state index is 0.0747. The molecule has 10 nitrogen and oxygen atoms in total. The second-order valence-electron chi connectivity index (χ2n) is 12.8. The van der Waals surface area contributed by atoms with Crippen molar-refractivity contribution in [1.29, 1.82) is 0 Å². The van der Waals surface area contributed by atoms with Gasteiger partial charge in [-0.3, -0.25) is 24.2 Å². The van der Waals surface area contributed by atoms with Crippen molar-refractivity contribution in [3.8, 4) is 0 Å². The zero-order valence-electron chi connectivity index (χ0n) is 27.1. The Bertz CT molecular complexity index is 1640. The molecule has 1 amide bonds. The molecule has 2 aliphatic heterocycles. The average Bonchev–Trinajstić information content (AvgIpc) is 3.86. The van der Waals surface area contributed by atoms with Crippen LogP contribution in [0.25, 0.3) is 10.1 Å². The highest BCUT2D eigenvalue weighted by Crippen LogP contribution is 2.39. The van der Waals surface area contributed by atoms with Crippen molar-refractivity contribution in [1.82, 2.24) is 9.80 Å². The van der Waals surface area contributed by atoms with Crippen molar-refractivity contribution in [3.63, 3.8) is 0 Å². The van der Waals surface area contributed by atoms with Gasteiger partial charge >= 0.3 is 5.97 Å². The van der Waals surface area contributed by atoms with Crippen molar-refractivity contribution < 1.29 is 33.7 Å². The molecule has 3 aromatic rings. The number of carboxylic acids is 1. The second-order valence-corrected chi connectivity index (χ2v) is 14.5. The lowest BCUT2D eigenvalue weighted by atomic mass is 9.87. The third-order valence-corrected chi connectivity index (χ3v) is 11.6. The van der Waals surface area contributed by atoms with E-state index in [0.717, 1.165) is 22.9 Å². The van der Waals surface area contributed by atoms with Crippen LogP contribution < -0.4 is 5.32 Å². The van der Waals surface area contributed by atoms with Crippen LogP contribution in [0.3, 0.4) is 0 Å². The van der Waals surface area contributed by atoms with Crippen molar-refractivity contribution in [2.75, 3.05) is 45.7 Å². The van der Waals surface area contributed by atoms with Crippen LogP contribution >= 0.6 is 34.5 Å². The first-order chi connectivity index (χ1) is 23.1. The number of nitrogens with one attached hydrogen (secondary N) is 1. The second kappa shape index (κ2) is 15.1. The van der Waals surface area contributed by atoms with E-state index in [9.17, 15) is 19.5 Å². The van der Waals surface area contributed by atoms with Crippen molar-refractivity contribution in [3.05, 3.63) is 63.0 Å². The zero-order chi connectivity index (χ0) is 34.0. The van der Waals surface area contributed by atoms with E-state index in [2.05, 4.69) is 10.2 Å². The van der Waals surface area contributed by atoms with E-state index in [1.165, 1.54) is 11.3 Å². The number of ketones is 1. The molecule has 2 saturated heterocycles. The maximum atomic E-state index is 14.9. The fourth-order valence-corrected chi connectivity index (χ4v) is 8.75. The number of likely N-dealkylation sites (tertiary alicyclic amines) is 2. The Morgan fingerprint density at radius 3 is 2.27 bits per heavy atom. The molecule has 3 aliphatic rings. The maximum absolute atomic E-state index is 14.9. The Kier molecular flexibility index (Phi) is 11.1. The van der Waals surface area contributed by atoms with Gasteiger partial charge in [0.05, 0.1) is 40.5 Å².